The maximum absolute atomic E-state index is 12.8. The van der Waals surface area contributed by atoms with E-state index < -0.39 is 0 Å². The van der Waals surface area contributed by atoms with Crippen LogP contribution in [-0.2, 0) is 13.0 Å². The standard InChI is InChI=1S/C25H23N3O3/c1-31-20-13-11-19(12-14-20)25(30)26-16-15-24-27-21-9-5-6-10-22(21)28(24)17-23(29)18-7-3-2-4-8-18/h2-14H,15-17H2,1H3,(H,26,30). The Morgan fingerprint density at radius 1 is 0.903 bits per heavy atom. The van der Waals surface area contributed by atoms with Crippen LogP contribution in [0, 0.1) is 0 Å². The van der Waals surface area contributed by atoms with E-state index in [1.807, 2.05) is 59.2 Å². The van der Waals surface area contributed by atoms with Crippen LogP contribution in [0.1, 0.15) is 26.5 Å². The number of carbonyl (C=O) groups excluding carboxylic acids is 2. The van der Waals surface area contributed by atoms with Crippen LogP contribution in [-0.4, -0.2) is 34.9 Å². The number of benzene rings is 3. The fourth-order valence-electron chi connectivity index (χ4n) is 3.48. The molecule has 0 aliphatic heterocycles. The minimum Gasteiger partial charge on any atom is -0.497 e. The second kappa shape index (κ2) is 9.26. The molecule has 31 heavy (non-hydrogen) atoms. The summed E-state index contributed by atoms with van der Waals surface area (Å²) in [6.07, 6.45) is 0.513. The van der Waals surface area contributed by atoms with Gasteiger partial charge in [0.2, 0.25) is 0 Å². The number of Topliss-reactive ketones (excluding diaryl/α,β-unsaturated/α-hetero) is 1. The van der Waals surface area contributed by atoms with Crippen molar-refractivity contribution < 1.29 is 14.3 Å². The molecule has 1 amide bonds. The Labute approximate surface area is 180 Å². The lowest BCUT2D eigenvalue weighted by Gasteiger charge is -2.10. The Hall–Kier alpha value is -3.93. The second-order valence-corrected chi connectivity index (χ2v) is 7.13. The highest BCUT2D eigenvalue weighted by Gasteiger charge is 2.15. The third-order valence-electron chi connectivity index (χ3n) is 5.12. The zero-order valence-electron chi connectivity index (χ0n) is 17.2. The van der Waals surface area contributed by atoms with Gasteiger partial charge in [-0.15, -0.1) is 0 Å². The molecule has 156 valence electrons. The van der Waals surface area contributed by atoms with Crippen LogP contribution in [0.15, 0.2) is 78.9 Å². The number of methoxy groups -OCH3 is 1. The van der Waals surface area contributed by atoms with Crippen molar-refractivity contribution in [3.8, 4) is 5.75 Å². The maximum Gasteiger partial charge on any atom is 0.251 e. The molecule has 4 rings (SSSR count). The van der Waals surface area contributed by atoms with Crippen LogP contribution in [0.4, 0.5) is 0 Å². The molecule has 0 aliphatic carbocycles. The molecule has 0 fully saturated rings. The van der Waals surface area contributed by atoms with Crippen molar-refractivity contribution in [1.29, 1.82) is 0 Å². The monoisotopic (exact) mass is 413 g/mol. The predicted octanol–water partition coefficient (Wildman–Crippen LogP) is 3.90. The van der Waals surface area contributed by atoms with Crippen LogP contribution < -0.4 is 10.1 Å². The van der Waals surface area contributed by atoms with Crippen LogP contribution in [0.2, 0.25) is 0 Å². The first-order valence-corrected chi connectivity index (χ1v) is 10.1. The number of aromatic nitrogens is 2. The minimum absolute atomic E-state index is 0.0206. The largest absolute Gasteiger partial charge is 0.497 e. The summed E-state index contributed by atoms with van der Waals surface area (Å²) < 4.78 is 7.06. The molecule has 0 atom stereocenters. The number of rotatable bonds is 8. The first-order chi connectivity index (χ1) is 15.2. The van der Waals surface area contributed by atoms with E-state index in [-0.39, 0.29) is 18.2 Å². The van der Waals surface area contributed by atoms with Crippen molar-refractivity contribution in [2.45, 2.75) is 13.0 Å². The highest BCUT2D eigenvalue weighted by atomic mass is 16.5. The van der Waals surface area contributed by atoms with Crippen molar-refractivity contribution in [2.75, 3.05) is 13.7 Å². The van der Waals surface area contributed by atoms with Gasteiger partial charge in [0.1, 0.15) is 11.6 Å². The summed E-state index contributed by atoms with van der Waals surface area (Å²) in [6.45, 7) is 0.611. The van der Waals surface area contributed by atoms with Gasteiger partial charge >= 0.3 is 0 Å². The summed E-state index contributed by atoms with van der Waals surface area (Å²) >= 11 is 0. The smallest absolute Gasteiger partial charge is 0.251 e. The number of para-hydroxylation sites is 2. The number of fused-ring (bicyclic) bond motifs is 1. The fourth-order valence-corrected chi connectivity index (χ4v) is 3.48. The maximum atomic E-state index is 12.8. The van der Waals surface area contributed by atoms with Gasteiger partial charge in [-0.1, -0.05) is 42.5 Å². The van der Waals surface area contributed by atoms with Crippen molar-refractivity contribution in [3.05, 3.63) is 95.8 Å². The minimum atomic E-state index is -0.161. The average molecular weight is 413 g/mol. The average Bonchev–Trinajstić information content (AvgIpc) is 3.16. The quantitative estimate of drug-likeness (QED) is 0.445. The third kappa shape index (κ3) is 4.64. The molecule has 0 saturated carbocycles. The molecule has 0 aliphatic rings. The molecule has 0 bridgehead atoms. The number of hydrogen-bond donors (Lipinski definition) is 1. The lowest BCUT2D eigenvalue weighted by molar-refractivity contribution is 0.0948. The van der Waals surface area contributed by atoms with Gasteiger partial charge in [-0.05, 0) is 36.4 Å². The molecular formula is C25H23N3O3. The van der Waals surface area contributed by atoms with E-state index in [9.17, 15) is 9.59 Å². The number of ether oxygens (including phenoxy) is 1. The van der Waals surface area contributed by atoms with Gasteiger partial charge in [-0.25, -0.2) is 4.98 Å². The molecular weight excluding hydrogens is 390 g/mol. The lowest BCUT2D eigenvalue weighted by Crippen LogP contribution is -2.26. The van der Waals surface area contributed by atoms with Gasteiger partial charge in [-0.3, -0.25) is 9.59 Å². The summed E-state index contributed by atoms with van der Waals surface area (Å²) in [5.74, 6) is 1.33. The van der Waals surface area contributed by atoms with E-state index in [2.05, 4.69) is 5.32 Å². The van der Waals surface area contributed by atoms with Gasteiger partial charge in [0, 0.05) is 24.1 Å². The zero-order valence-corrected chi connectivity index (χ0v) is 17.2. The normalized spacial score (nSPS) is 10.7. The summed E-state index contributed by atoms with van der Waals surface area (Å²) in [6, 6.07) is 23.9. The van der Waals surface area contributed by atoms with Crippen LogP contribution in [0.25, 0.3) is 11.0 Å². The SMILES string of the molecule is COc1ccc(C(=O)NCCc2nc3ccccc3n2CC(=O)c2ccccc2)cc1. The van der Waals surface area contributed by atoms with Crippen LogP contribution >= 0.6 is 0 Å². The lowest BCUT2D eigenvalue weighted by atomic mass is 10.1. The number of nitrogens with zero attached hydrogens (tertiary/aromatic N) is 2. The highest BCUT2D eigenvalue weighted by Crippen LogP contribution is 2.18. The van der Waals surface area contributed by atoms with Crippen molar-refractivity contribution in [1.82, 2.24) is 14.9 Å². The molecule has 0 spiro atoms. The van der Waals surface area contributed by atoms with Gasteiger partial charge in [0.15, 0.2) is 5.78 Å². The van der Waals surface area contributed by atoms with E-state index >= 15 is 0 Å². The number of carbonyl (C=O) groups is 2. The molecule has 1 N–H and O–H groups in total. The molecule has 0 saturated heterocycles. The third-order valence-corrected chi connectivity index (χ3v) is 5.12. The van der Waals surface area contributed by atoms with Crippen LogP contribution in [0.5, 0.6) is 5.75 Å². The Balaban J connectivity index is 1.48. The van der Waals surface area contributed by atoms with Crippen molar-refractivity contribution in [3.63, 3.8) is 0 Å². The van der Waals surface area contributed by atoms with E-state index in [4.69, 9.17) is 9.72 Å². The van der Waals surface area contributed by atoms with Gasteiger partial charge in [-0.2, -0.15) is 0 Å². The van der Waals surface area contributed by atoms with Crippen molar-refractivity contribution >= 4 is 22.7 Å². The van der Waals surface area contributed by atoms with Gasteiger partial charge in [0.05, 0.1) is 24.7 Å². The highest BCUT2D eigenvalue weighted by molar-refractivity contribution is 5.96. The molecule has 4 aromatic rings. The van der Waals surface area contributed by atoms with Crippen molar-refractivity contribution in [2.24, 2.45) is 0 Å². The first kappa shape index (κ1) is 20.3. The van der Waals surface area contributed by atoms with Gasteiger partial charge < -0.3 is 14.6 Å². The zero-order chi connectivity index (χ0) is 21.6. The molecule has 6 heteroatoms. The summed E-state index contributed by atoms with van der Waals surface area (Å²) in [4.78, 5) is 29.9. The summed E-state index contributed by atoms with van der Waals surface area (Å²) in [7, 11) is 1.59. The van der Waals surface area contributed by atoms with E-state index in [1.54, 1.807) is 31.4 Å². The molecule has 1 aromatic heterocycles. The predicted molar refractivity (Wildman–Crippen MR) is 120 cm³/mol. The molecule has 3 aromatic carbocycles. The molecule has 1 heterocycles. The Morgan fingerprint density at radius 3 is 2.35 bits per heavy atom. The van der Waals surface area contributed by atoms with Gasteiger partial charge in [0.25, 0.3) is 5.91 Å². The van der Waals surface area contributed by atoms with E-state index in [1.165, 1.54) is 0 Å². The number of ketones is 1. The molecule has 6 nitrogen and oxygen atoms in total. The molecule has 0 unspecified atom stereocenters. The van der Waals surface area contributed by atoms with Crippen LogP contribution in [0.3, 0.4) is 0 Å². The fraction of sp³-hybridized carbons (Fsp3) is 0.160. The topological polar surface area (TPSA) is 73.2 Å². The number of hydrogen-bond acceptors (Lipinski definition) is 4. The number of nitrogens with one attached hydrogen (secondary N) is 1. The Bertz CT molecular complexity index is 1200. The second-order valence-electron chi connectivity index (χ2n) is 7.13. The van der Waals surface area contributed by atoms with E-state index in [0.717, 1.165) is 16.9 Å². The Morgan fingerprint density at radius 2 is 1.61 bits per heavy atom. The summed E-state index contributed by atoms with van der Waals surface area (Å²) in [5, 5.41) is 2.92. The first-order valence-electron chi connectivity index (χ1n) is 10.1. The molecule has 0 radical (unpaired) electrons. The van der Waals surface area contributed by atoms with E-state index in [0.29, 0.717) is 29.8 Å². The summed E-state index contributed by atoms with van der Waals surface area (Å²) in [5.41, 5.74) is 2.97. The Kier molecular flexibility index (Phi) is 6.08. The number of amides is 1. The number of imidazole rings is 1.